The summed E-state index contributed by atoms with van der Waals surface area (Å²) >= 11 is 0. The molecule has 4 rings (SSSR count). The molecule has 1 aliphatic heterocycles. The monoisotopic (exact) mass is 365 g/mol. The van der Waals surface area contributed by atoms with Gasteiger partial charge in [0.05, 0.1) is 4.90 Å². The summed E-state index contributed by atoms with van der Waals surface area (Å²) in [6.07, 6.45) is 0.514. The predicted octanol–water partition coefficient (Wildman–Crippen LogP) is 2.41. The van der Waals surface area contributed by atoms with Gasteiger partial charge in [-0.15, -0.1) is 0 Å². The lowest BCUT2D eigenvalue weighted by molar-refractivity contribution is -0.122. The van der Waals surface area contributed by atoms with E-state index in [1.165, 1.54) is 4.31 Å². The van der Waals surface area contributed by atoms with Crippen molar-refractivity contribution in [2.75, 3.05) is 6.54 Å². The summed E-state index contributed by atoms with van der Waals surface area (Å²) in [6, 6.07) is 19.6. The first-order valence-corrected chi connectivity index (χ1v) is 9.72. The molecule has 0 bridgehead atoms. The van der Waals surface area contributed by atoms with E-state index in [9.17, 15) is 13.2 Å². The second-order valence-electron chi connectivity index (χ2n) is 6.27. The molecule has 131 valence electrons. The largest absolute Gasteiger partial charge is 0.368 e. The summed E-state index contributed by atoms with van der Waals surface area (Å²) in [6.45, 7) is 0.198. The summed E-state index contributed by atoms with van der Waals surface area (Å²) in [5.41, 5.74) is 7.14. The lowest BCUT2D eigenvalue weighted by atomic mass is 9.94. The smallest absolute Gasteiger partial charge is 0.244 e. The Morgan fingerprint density at radius 1 is 1.12 bits per heavy atom. The van der Waals surface area contributed by atoms with Gasteiger partial charge in [0.2, 0.25) is 15.9 Å². The fourth-order valence-electron chi connectivity index (χ4n) is 3.58. The van der Waals surface area contributed by atoms with E-state index in [4.69, 9.17) is 5.73 Å². The summed E-state index contributed by atoms with van der Waals surface area (Å²) < 4.78 is 28.1. The molecule has 0 fully saturated rings. The molecular weight excluding hydrogens is 348 g/mol. The molecule has 1 aliphatic rings. The van der Waals surface area contributed by atoms with Crippen LogP contribution in [0.5, 0.6) is 0 Å². The first-order chi connectivity index (χ1) is 12.5. The van der Waals surface area contributed by atoms with Gasteiger partial charge in [-0.2, -0.15) is 4.31 Å². The Morgan fingerprint density at radius 3 is 2.69 bits per heavy atom. The van der Waals surface area contributed by atoms with E-state index in [0.717, 1.165) is 10.9 Å². The first kappa shape index (κ1) is 16.8. The second-order valence-corrected chi connectivity index (χ2v) is 8.13. The van der Waals surface area contributed by atoms with Crippen molar-refractivity contribution < 1.29 is 13.2 Å². The maximum Gasteiger partial charge on any atom is 0.244 e. The number of nitrogens with zero attached hydrogens (tertiary/aromatic N) is 1. The molecule has 0 spiro atoms. The van der Waals surface area contributed by atoms with Crippen molar-refractivity contribution in [3.8, 4) is 0 Å². The number of primary amides is 1. The highest BCUT2D eigenvalue weighted by atomic mass is 32.2. The zero-order valence-corrected chi connectivity index (χ0v) is 14.7. The third-order valence-corrected chi connectivity index (χ3v) is 6.70. The topological polar surface area (TPSA) is 80.5 Å². The fourth-order valence-corrected chi connectivity index (χ4v) is 5.37. The molecule has 0 saturated carbocycles. The molecule has 0 aliphatic carbocycles. The quantitative estimate of drug-likeness (QED) is 0.774. The van der Waals surface area contributed by atoms with Crippen molar-refractivity contribution in [3.63, 3.8) is 0 Å². The Bertz CT molecular complexity index is 1100. The third kappa shape index (κ3) is 2.58. The molecular formula is C20H17N2O3S. The molecule has 3 aromatic rings. The second kappa shape index (κ2) is 6.23. The van der Waals surface area contributed by atoms with E-state index in [0.29, 0.717) is 17.4 Å². The van der Waals surface area contributed by atoms with Gasteiger partial charge in [-0.1, -0.05) is 54.6 Å². The van der Waals surface area contributed by atoms with Crippen LogP contribution in [0.4, 0.5) is 0 Å². The van der Waals surface area contributed by atoms with E-state index >= 15 is 0 Å². The van der Waals surface area contributed by atoms with Crippen LogP contribution < -0.4 is 5.73 Å². The lowest BCUT2D eigenvalue weighted by Gasteiger charge is -2.34. The minimum atomic E-state index is -3.90. The van der Waals surface area contributed by atoms with Gasteiger partial charge in [-0.25, -0.2) is 8.42 Å². The van der Waals surface area contributed by atoms with Crippen LogP contribution in [0.2, 0.25) is 0 Å². The maximum atomic E-state index is 13.4. The van der Waals surface area contributed by atoms with Crippen LogP contribution in [0.25, 0.3) is 10.8 Å². The normalized spacial score (nSPS) is 17.8. The van der Waals surface area contributed by atoms with E-state index in [1.807, 2.05) is 18.2 Å². The van der Waals surface area contributed by atoms with E-state index in [2.05, 4.69) is 6.07 Å². The van der Waals surface area contributed by atoms with Gasteiger partial charge < -0.3 is 5.73 Å². The third-order valence-electron chi connectivity index (χ3n) is 4.78. The molecule has 3 aromatic carbocycles. The highest BCUT2D eigenvalue weighted by molar-refractivity contribution is 7.89. The number of fused-ring (bicyclic) bond motifs is 2. The predicted molar refractivity (Wildman–Crippen MR) is 98.8 cm³/mol. The Balaban J connectivity index is 1.89. The van der Waals surface area contributed by atoms with Crippen LogP contribution in [0.15, 0.2) is 65.6 Å². The summed E-state index contributed by atoms with van der Waals surface area (Å²) in [5.74, 6) is -0.680. The number of hydrogen-bond acceptors (Lipinski definition) is 3. The summed E-state index contributed by atoms with van der Waals surface area (Å²) in [4.78, 5) is 12.4. The fraction of sp³-hybridized carbons (Fsp3) is 0.150. The molecule has 0 aromatic heterocycles. The van der Waals surface area contributed by atoms with Crippen molar-refractivity contribution in [1.82, 2.24) is 4.31 Å². The molecule has 5 nitrogen and oxygen atoms in total. The average Bonchev–Trinajstić information content (AvgIpc) is 2.66. The number of carbonyl (C=O) groups is 1. The van der Waals surface area contributed by atoms with E-state index in [-0.39, 0.29) is 11.4 Å². The van der Waals surface area contributed by atoms with Crippen molar-refractivity contribution in [1.29, 1.82) is 0 Å². The Labute approximate surface area is 152 Å². The van der Waals surface area contributed by atoms with Gasteiger partial charge in [0.25, 0.3) is 0 Å². The standard InChI is InChI=1S/C20H17N2O3S/c21-20(23)19-17-10-4-2-7-15(17)12-13-22(19)26(24,25)18-11-5-8-14-6-1-3-9-16(14)18/h1,3-11,19H,12-13H2,(H2,21,23). The molecule has 0 saturated heterocycles. The van der Waals surface area contributed by atoms with Crippen molar-refractivity contribution in [3.05, 3.63) is 77.9 Å². The van der Waals surface area contributed by atoms with Gasteiger partial charge in [-0.05, 0) is 35.1 Å². The zero-order valence-electron chi connectivity index (χ0n) is 13.9. The number of nitrogens with two attached hydrogens (primary N) is 1. The Morgan fingerprint density at radius 2 is 1.88 bits per heavy atom. The van der Waals surface area contributed by atoms with Crippen LogP contribution in [0.1, 0.15) is 17.2 Å². The number of sulfonamides is 1. The van der Waals surface area contributed by atoms with E-state index < -0.39 is 22.0 Å². The number of carbonyl (C=O) groups excluding carboxylic acids is 1. The van der Waals surface area contributed by atoms with Crippen molar-refractivity contribution in [2.24, 2.45) is 5.73 Å². The molecule has 2 N–H and O–H groups in total. The molecule has 1 radical (unpaired) electrons. The minimum Gasteiger partial charge on any atom is -0.368 e. The molecule has 1 unspecified atom stereocenters. The van der Waals surface area contributed by atoms with Crippen LogP contribution in [0, 0.1) is 6.07 Å². The molecule has 1 heterocycles. The molecule has 6 heteroatoms. The molecule has 1 amide bonds. The number of hydrogen-bond donors (Lipinski definition) is 1. The van der Waals surface area contributed by atoms with Gasteiger partial charge in [0, 0.05) is 11.9 Å². The Kier molecular flexibility index (Phi) is 4.01. The lowest BCUT2D eigenvalue weighted by Crippen LogP contribution is -2.45. The Hall–Kier alpha value is -2.70. The van der Waals surface area contributed by atoms with Crippen LogP contribution in [-0.4, -0.2) is 25.2 Å². The highest BCUT2D eigenvalue weighted by Gasteiger charge is 2.40. The van der Waals surface area contributed by atoms with Crippen molar-refractivity contribution in [2.45, 2.75) is 17.4 Å². The van der Waals surface area contributed by atoms with Gasteiger partial charge >= 0.3 is 0 Å². The summed E-state index contributed by atoms with van der Waals surface area (Å²) in [7, 11) is -3.90. The molecule has 1 atom stereocenters. The SMILES string of the molecule is NC(=O)C1c2cc[c]cc2CCN1S(=O)(=O)c1cccc2ccccc12. The van der Waals surface area contributed by atoms with Gasteiger partial charge in [-0.3, -0.25) is 4.79 Å². The summed E-state index contributed by atoms with van der Waals surface area (Å²) in [5, 5.41) is 1.46. The minimum absolute atomic E-state index is 0.188. The van der Waals surface area contributed by atoms with Gasteiger partial charge in [0.1, 0.15) is 6.04 Å². The molecule has 26 heavy (non-hydrogen) atoms. The maximum absolute atomic E-state index is 13.4. The van der Waals surface area contributed by atoms with Crippen molar-refractivity contribution >= 4 is 26.7 Å². The zero-order chi connectivity index (χ0) is 18.3. The first-order valence-electron chi connectivity index (χ1n) is 8.28. The van der Waals surface area contributed by atoms with Crippen LogP contribution in [-0.2, 0) is 21.2 Å². The number of amides is 1. The van der Waals surface area contributed by atoms with Gasteiger partial charge in [0.15, 0.2) is 0 Å². The average molecular weight is 365 g/mol. The van der Waals surface area contributed by atoms with Crippen LogP contribution in [0.3, 0.4) is 0 Å². The number of benzene rings is 3. The van der Waals surface area contributed by atoms with Crippen LogP contribution >= 0.6 is 0 Å². The van der Waals surface area contributed by atoms with E-state index in [1.54, 1.807) is 42.5 Å². The number of rotatable bonds is 3. The highest BCUT2D eigenvalue weighted by Crippen LogP contribution is 2.35.